The van der Waals surface area contributed by atoms with Crippen LogP contribution < -0.4 is 10.1 Å². The highest BCUT2D eigenvalue weighted by molar-refractivity contribution is 7.14. The molecule has 9 heteroatoms. The van der Waals surface area contributed by atoms with E-state index in [4.69, 9.17) is 4.74 Å². The van der Waals surface area contributed by atoms with E-state index in [0.717, 1.165) is 24.3 Å². The number of hydrogen-bond acceptors (Lipinski definition) is 7. The molecule has 0 bridgehead atoms. The second-order valence-corrected chi connectivity index (χ2v) is 7.15. The number of rotatable bonds is 5. The highest BCUT2D eigenvalue weighted by Crippen LogP contribution is 2.26. The summed E-state index contributed by atoms with van der Waals surface area (Å²) in [6, 6.07) is 7.88. The van der Waals surface area contributed by atoms with Crippen LogP contribution in [0.2, 0.25) is 0 Å². The summed E-state index contributed by atoms with van der Waals surface area (Å²) in [6.45, 7) is 1.39. The van der Waals surface area contributed by atoms with Crippen LogP contribution in [0.1, 0.15) is 29.4 Å². The van der Waals surface area contributed by atoms with E-state index in [9.17, 15) is 4.79 Å². The smallest absolute Gasteiger partial charge is 0.273 e. The number of methoxy groups -OCH3 is 1. The lowest BCUT2D eigenvalue weighted by molar-refractivity contribution is 0.0685. The van der Waals surface area contributed by atoms with Crippen LogP contribution in [0.4, 0.5) is 10.8 Å². The zero-order chi connectivity index (χ0) is 18.6. The van der Waals surface area contributed by atoms with Gasteiger partial charge in [-0.15, -0.1) is 11.3 Å². The van der Waals surface area contributed by atoms with Crippen molar-refractivity contribution in [3.8, 4) is 5.75 Å². The van der Waals surface area contributed by atoms with Crippen LogP contribution >= 0.6 is 11.3 Å². The van der Waals surface area contributed by atoms with Crippen LogP contribution in [0.15, 0.2) is 42.3 Å². The number of thiazole rings is 1. The molecular weight excluding hydrogens is 364 g/mol. The number of nitrogens with one attached hydrogen (secondary N) is 1. The van der Waals surface area contributed by atoms with Gasteiger partial charge in [0.25, 0.3) is 5.91 Å². The summed E-state index contributed by atoms with van der Waals surface area (Å²) in [5, 5.41) is 9.92. The Bertz CT molecular complexity index is 885. The predicted octanol–water partition coefficient (Wildman–Crippen LogP) is 2.96. The molecule has 0 aliphatic carbocycles. The van der Waals surface area contributed by atoms with E-state index in [-0.39, 0.29) is 5.91 Å². The van der Waals surface area contributed by atoms with Gasteiger partial charge in [0.2, 0.25) is 0 Å². The molecule has 8 nitrogen and oxygen atoms in total. The van der Waals surface area contributed by atoms with Crippen molar-refractivity contribution in [1.29, 1.82) is 0 Å². The highest BCUT2D eigenvalue weighted by atomic mass is 32.1. The minimum Gasteiger partial charge on any atom is -0.497 e. The lowest BCUT2D eigenvalue weighted by Gasteiger charge is -2.31. The molecule has 4 rings (SSSR count). The lowest BCUT2D eigenvalue weighted by Crippen LogP contribution is -2.39. The topological polar surface area (TPSA) is 85.2 Å². The monoisotopic (exact) mass is 384 g/mol. The highest BCUT2D eigenvalue weighted by Gasteiger charge is 2.26. The minimum atomic E-state index is -0.0222. The SMILES string of the molecule is COc1ccc(Nc2nc(C(=O)N3CCC(n4cncn4)CC3)cs2)cc1. The largest absolute Gasteiger partial charge is 0.497 e. The van der Waals surface area contributed by atoms with Gasteiger partial charge in [-0.2, -0.15) is 5.10 Å². The Hall–Kier alpha value is -2.94. The molecule has 0 radical (unpaired) electrons. The van der Waals surface area contributed by atoms with Gasteiger partial charge in [0.05, 0.1) is 13.2 Å². The van der Waals surface area contributed by atoms with Crippen molar-refractivity contribution < 1.29 is 9.53 Å². The summed E-state index contributed by atoms with van der Waals surface area (Å²) in [6.07, 6.45) is 5.02. The third kappa shape index (κ3) is 3.92. The molecule has 1 amide bonds. The Balaban J connectivity index is 1.36. The average Bonchev–Trinajstić information content (AvgIpc) is 3.41. The normalized spacial score (nSPS) is 14.9. The fraction of sp³-hybridized carbons (Fsp3) is 0.333. The van der Waals surface area contributed by atoms with E-state index in [1.807, 2.05) is 33.8 Å². The first-order chi connectivity index (χ1) is 13.2. The Labute approximate surface area is 160 Å². The quantitative estimate of drug-likeness (QED) is 0.728. The molecule has 1 saturated heterocycles. The van der Waals surface area contributed by atoms with Gasteiger partial charge >= 0.3 is 0 Å². The van der Waals surface area contributed by atoms with E-state index < -0.39 is 0 Å². The molecule has 27 heavy (non-hydrogen) atoms. The van der Waals surface area contributed by atoms with Gasteiger partial charge in [-0.3, -0.25) is 4.79 Å². The van der Waals surface area contributed by atoms with Crippen LogP contribution in [0, 0.1) is 0 Å². The number of carbonyl (C=O) groups excluding carboxylic acids is 1. The Morgan fingerprint density at radius 1 is 1.26 bits per heavy atom. The Morgan fingerprint density at radius 3 is 2.70 bits per heavy atom. The second kappa shape index (κ2) is 7.75. The summed E-state index contributed by atoms with van der Waals surface area (Å²) in [5.74, 6) is 0.774. The molecule has 0 atom stereocenters. The van der Waals surface area contributed by atoms with E-state index in [1.54, 1.807) is 25.1 Å². The minimum absolute atomic E-state index is 0.0222. The number of ether oxygens (including phenoxy) is 1. The van der Waals surface area contributed by atoms with Crippen molar-refractivity contribution in [2.45, 2.75) is 18.9 Å². The number of anilines is 2. The number of aromatic nitrogens is 4. The number of carbonyl (C=O) groups is 1. The molecule has 3 aromatic rings. The molecule has 1 fully saturated rings. The molecule has 140 valence electrons. The number of benzene rings is 1. The number of amides is 1. The van der Waals surface area contributed by atoms with Gasteiger partial charge in [-0.25, -0.2) is 14.6 Å². The molecule has 1 N–H and O–H groups in total. The van der Waals surface area contributed by atoms with Crippen molar-refractivity contribution in [2.75, 3.05) is 25.5 Å². The Morgan fingerprint density at radius 2 is 2.04 bits per heavy atom. The maximum absolute atomic E-state index is 12.7. The van der Waals surface area contributed by atoms with Crippen LogP contribution in [0.5, 0.6) is 5.75 Å². The summed E-state index contributed by atoms with van der Waals surface area (Å²) in [4.78, 5) is 23.0. The van der Waals surface area contributed by atoms with Gasteiger partial charge < -0.3 is 15.0 Å². The van der Waals surface area contributed by atoms with Crippen molar-refractivity contribution in [3.05, 3.63) is 48.0 Å². The molecule has 0 spiro atoms. The Kier molecular flexibility index (Phi) is 5.01. The fourth-order valence-electron chi connectivity index (χ4n) is 3.13. The zero-order valence-corrected chi connectivity index (χ0v) is 15.7. The molecule has 3 heterocycles. The summed E-state index contributed by atoms with van der Waals surface area (Å²) in [7, 11) is 1.63. The zero-order valence-electron chi connectivity index (χ0n) is 14.9. The second-order valence-electron chi connectivity index (χ2n) is 6.29. The van der Waals surface area contributed by atoms with Crippen LogP contribution in [0.3, 0.4) is 0 Å². The molecule has 1 aliphatic rings. The van der Waals surface area contributed by atoms with Crippen molar-refractivity contribution in [1.82, 2.24) is 24.6 Å². The van der Waals surface area contributed by atoms with Gasteiger partial charge in [-0.05, 0) is 37.1 Å². The first-order valence-electron chi connectivity index (χ1n) is 8.73. The van der Waals surface area contributed by atoms with Gasteiger partial charge in [0, 0.05) is 24.2 Å². The molecule has 0 unspecified atom stereocenters. The maximum Gasteiger partial charge on any atom is 0.273 e. The van der Waals surface area contributed by atoms with Crippen molar-refractivity contribution in [3.63, 3.8) is 0 Å². The van der Waals surface area contributed by atoms with Gasteiger partial charge in [0.1, 0.15) is 24.1 Å². The number of likely N-dealkylation sites (tertiary alicyclic amines) is 1. The fourth-order valence-corrected chi connectivity index (χ4v) is 3.83. The van der Waals surface area contributed by atoms with Crippen LogP contribution in [-0.2, 0) is 0 Å². The number of nitrogens with zero attached hydrogens (tertiary/aromatic N) is 5. The van der Waals surface area contributed by atoms with E-state index in [0.29, 0.717) is 30.0 Å². The molecule has 2 aromatic heterocycles. The average molecular weight is 384 g/mol. The third-order valence-corrected chi connectivity index (χ3v) is 5.38. The molecular formula is C18H20N6O2S. The first kappa shape index (κ1) is 17.5. The summed E-state index contributed by atoms with van der Waals surface area (Å²) in [5.41, 5.74) is 1.38. The van der Waals surface area contributed by atoms with Crippen molar-refractivity contribution in [2.24, 2.45) is 0 Å². The standard InChI is InChI=1S/C18H20N6O2S/c1-26-15-4-2-13(3-5-15)21-18-22-16(10-27-18)17(25)23-8-6-14(7-9-23)24-12-19-11-20-24/h2-5,10-12,14H,6-9H2,1H3,(H,21,22). The van der Waals surface area contributed by atoms with Crippen LogP contribution in [-0.4, -0.2) is 50.8 Å². The van der Waals surface area contributed by atoms with Crippen LogP contribution in [0.25, 0.3) is 0 Å². The van der Waals surface area contributed by atoms with Crippen molar-refractivity contribution >= 4 is 28.1 Å². The first-order valence-corrected chi connectivity index (χ1v) is 9.61. The predicted molar refractivity (Wildman–Crippen MR) is 103 cm³/mol. The maximum atomic E-state index is 12.7. The van der Waals surface area contributed by atoms with Gasteiger partial charge in [0.15, 0.2) is 5.13 Å². The number of hydrogen-bond donors (Lipinski definition) is 1. The molecule has 0 saturated carbocycles. The number of piperidine rings is 1. The summed E-state index contributed by atoms with van der Waals surface area (Å²) >= 11 is 1.42. The van der Waals surface area contributed by atoms with E-state index >= 15 is 0 Å². The summed E-state index contributed by atoms with van der Waals surface area (Å²) < 4.78 is 7.03. The lowest BCUT2D eigenvalue weighted by atomic mass is 10.1. The third-order valence-electron chi connectivity index (χ3n) is 4.63. The van der Waals surface area contributed by atoms with E-state index in [2.05, 4.69) is 20.4 Å². The van der Waals surface area contributed by atoms with E-state index in [1.165, 1.54) is 11.3 Å². The van der Waals surface area contributed by atoms with Gasteiger partial charge in [-0.1, -0.05) is 0 Å². The molecule has 1 aliphatic heterocycles. The molecule has 1 aromatic carbocycles.